The Kier molecular flexibility index (Phi) is 4.50. The van der Waals surface area contributed by atoms with Crippen LogP contribution in [0.25, 0.3) is 0 Å². The summed E-state index contributed by atoms with van der Waals surface area (Å²) >= 11 is 0. The van der Waals surface area contributed by atoms with E-state index < -0.39 is 5.60 Å². The van der Waals surface area contributed by atoms with Gasteiger partial charge in [-0.25, -0.2) is 0 Å². The molecule has 0 bridgehead atoms. The van der Waals surface area contributed by atoms with E-state index in [0.29, 0.717) is 24.2 Å². The van der Waals surface area contributed by atoms with Gasteiger partial charge in [-0.3, -0.25) is 4.79 Å². The molecule has 0 spiro atoms. The number of aliphatic hydroxyl groups is 1. The van der Waals surface area contributed by atoms with Gasteiger partial charge < -0.3 is 9.84 Å². The second kappa shape index (κ2) is 5.66. The molecule has 0 aliphatic rings. The highest BCUT2D eigenvalue weighted by Crippen LogP contribution is 2.20. The Hall–Kier alpha value is -1.35. The van der Waals surface area contributed by atoms with E-state index in [1.54, 1.807) is 24.3 Å². The molecule has 1 rings (SSSR count). The molecular formula is C13H18O3. The Morgan fingerprint density at radius 3 is 2.50 bits per heavy atom. The fourth-order valence-corrected chi connectivity index (χ4v) is 1.38. The molecule has 1 aromatic rings. The minimum absolute atomic E-state index is 0.213. The minimum atomic E-state index is -0.810. The van der Waals surface area contributed by atoms with Gasteiger partial charge in [0.05, 0.1) is 11.2 Å². The van der Waals surface area contributed by atoms with E-state index in [2.05, 4.69) is 0 Å². The second-order valence-corrected chi connectivity index (χ2v) is 3.88. The number of ether oxygens (including phenoxy) is 1. The van der Waals surface area contributed by atoms with Gasteiger partial charge in [-0.1, -0.05) is 26.0 Å². The molecule has 0 saturated heterocycles. The summed E-state index contributed by atoms with van der Waals surface area (Å²) in [6.07, 6.45) is 2.02. The summed E-state index contributed by atoms with van der Waals surface area (Å²) in [6.45, 7) is 4.04. The van der Waals surface area contributed by atoms with E-state index in [0.717, 1.165) is 6.29 Å². The zero-order chi connectivity index (χ0) is 12.0. The van der Waals surface area contributed by atoms with Crippen LogP contribution in [0.3, 0.4) is 0 Å². The molecule has 0 saturated carbocycles. The third-order valence-electron chi connectivity index (χ3n) is 2.86. The Morgan fingerprint density at radius 1 is 1.31 bits per heavy atom. The molecule has 16 heavy (non-hydrogen) atoms. The van der Waals surface area contributed by atoms with E-state index in [1.165, 1.54) is 0 Å². The first-order valence-electron chi connectivity index (χ1n) is 5.54. The first kappa shape index (κ1) is 12.7. The Balaban J connectivity index is 2.70. The zero-order valence-electron chi connectivity index (χ0n) is 9.77. The van der Waals surface area contributed by atoms with Gasteiger partial charge in [-0.05, 0) is 25.0 Å². The smallest absolute Gasteiger partial charge is 0.153 e. The van der Waals surface area contributed by atoms with Crippen LogP contribution in [0.15, 0.2) is 24.3 Å². The zero-order valence-corrected chi connectivity index (χ0v) is 9.77. The van der Waals surface area contributed by atoms with Crippen molar-refractivity contribution < 1.29 is 14.6 Å². The molecule has 3 heteroatoms. The van der Waals surface area contributed by atoms with Crippen molar-refractivity contribution in [3.05, 3.63) is 29.8 Å². The third kappa shape index (κ3) is 3.07. The lowest BCUT2D eigenvalue weighted by atomic mass is 9.99. The molecule has 3 nitrogen and oxygen atoms in total. The van der Waals surface area contributed by atoms with Crippen LogP contribution >= 0.6 is 0 Å². The van der Waals surface area contributed by atoms with Gasteiger partial charge in [0, 0.05) is 0 Å². The summed E-state index contributed by atoms with van der Waals surface area (Å²) < 4.78 is 5.49. The van der Waals surface area contributed by atoms with Gasteiger partial charge in [0.2, 0.25) is 0 Å². The van der Waals surface area contributed by atoms with E-state index >= 15 is 0 Å². The van der Waals surface area contributed by atoms with Crippen molar-refractivity contribution in [2.24, 2.45) is 0 Å². The van der Waals surface area contributed by atoms with Gasteiger partial charge in [-0.2, -0.15) is 0 Å². The predicted octanol–water partition coefficient (Wildman–Crippen LogP) is 2.43. The maximum absolute atomic E-state index is 10.7. The van der Waals surface area contributed by atoms with E-state index in [1.807, 2.05) is 13.8 Å². The number of aldehydes is 1. The van der Waals surface area contributed by atoms with Gasteiger partial charge in [0.25, 0.3) is 0 Å². The summed E-state index contributed by atoms with van der Waals surface area (Å²) in [4.78, 5) is 10.7. The van der Waals surface area contributed by atoms with Crippen molar-refractivity contribution in [2.75, 3.05) is 6.61 Å². The van der Waals surface area contributed by atoms with Crippen molar-refractivity contribution in [2.45, 2.75) is 32.3 Å². The Morgan fingerprint density at radius 2 is 1.94 bits per heavy atom. The second-order valence-electron chi connectivity index (χ2n) is 3.88. The van der Waals surface area contributed by atoms with Crippen LogP contribution in [0, 0.1) is 0 Å². The summed E-state index contributed by atoms with van der Waals surface area (Å²) in [5.41, 5.74) is -0.298. The molecule has 0 aliphatic heterocycles. The predicted molar refractivity (Wildman–Crippen MR) is 62.9 cm³/mol. The molecule has 88 valence electrons. The molecular weight excluding hydrogens is 204 g/mol. The number of rotatable bonds is 6. The Labute approximate surface area is 96.1 Å². The fraction of sp³-hybridized carbons (Fsp3) is 0.462. The van der Waals surface area contributed by atoms with Gasteiger partial charge in [-0.15, -0.1) is 0 Å². The van der Waals surface area contributed by atoms with E-state index in [4.69, 9.17) is 4.74 Å². The highest BCUT2D eigenvalue weighted by atomic mass is 16.5. The van der Waals surface area contributed by atoms with Crippen LogP contribution < -0.4 is 4.74 Å². The molecule has 0 heterocycles. The maximum atomic E-state index is 10.7. The maximum Gasteiger partial charge on any atom is 0.153 e. The van der Waals surface area contributed by atoms with Crippen LogP contribution in [0.1, 0.15) is 37.0 Å². The Bertz CT molecular complexity index is 343. The molecule has 1 N–H and O–H groups in total. The number of hydrogen-bond acceptors (Lipinski definition) is 3. The third-order valence-corrected chi connectivity index (χ3v) is 2.86. The van der Waals surface area contributed by atoms with Gasteiger partial charge in [0.1, 0.15) is 12.4 Å². The number of hydrogen-bond donors (Lipinski definition) is 1. The average Bonchev–Trinajstić information content (AvgIpc) is 2.36. The van der Waals surface area contributed by atoms with E-state index in [-0.39, 0.29) is 6.61 Å². The topological polar surface area (TPSA) is 46.5 Å². The monoisotopic (exact) mass is 222 g/mol. The van der Waals surface area contributed by atoms with Crippen molar-refractivity contribution in [1.29, 1.82) is 0 Å². The van der Waals surface area contributed by atoms with Crippen LogP contribution in [0.2, 0.25) is 0 Å². The highest BCUT2D eigenvalue weighted by molar-refractivity contribution is 5.79. The number of benzene rings is 1. The lowest BCUT2D eigenvalue weighted by Crippen LogP contribution is -2.34. The normalized spacial score (nSPS) is 11.2. The molecule has 0 aromatic heterocycles. The molecule has 0 fully saturated rings. The quantitative estimate of drug-likeness (QED) is 0.752. The van der Waals surface area contributed by atoms with Crippen LogP contribution in [-0.2, 0) is 0 Å². The van der Waals surface area contributed by atoms with Crippen molar-refractivity contribution >= 4 is 6.29 Å². The van der Waals surface area contributed by atoms with Crippen molar-refractivity contribution in [3.8, 4) is 5.75 Å². The van der Waals surface area contributed by atoms with Crippen LogP contribution in [-0.4, -0.2) is 23.6 Å². The van der Waals surface area contributed by atoms with E-state index in [9.17, 15) is 9.90 Å². The lowest BCUT2D eigenvalue weighted by Gasteiger charge is -2.25. The highest BCUT2D eigenvalue weighted by Gasteiger charge is 2.23. The molecule has 0 unspecified atom stereocenters. The summed E-state index contributed by atoms with van der Waals surface area (Å²) in [7, 11) is 0. The molecule has 1 aromatic carbocycles. The van der Waals surface area contributed by atoms with Crippen molar-refractivity contribution in [1.82, 2.24) is 0 Å². The average molecular weight is 222 g/mol. The number of carbonyl (C=O) groups excluding carboxylic acids is 1. The molecule has 0 aliphatic carbocycles. The standard InChI is InChI=1S/C13H18O3/c1-3-13(15,4-2)10-16-12-8-6-5-7-11(12)9-14/h5-9,15H,3-4,10H2,1-2H3. The first-order valence-corrected chi connectivity index (χ1v) is 5.54. The summed E-state index contributed by atoms with van der Waals surface area (Å²) in [6, 6.07) is 7.01. The number of carbonyl (C=O) groups is 1. The van der Waals surface area contributed by atoms with Gasteiger partial charge in [0.15, 0.2) is 6.29 Å². The van der Waals surface area contributed by atoms with Gasteiger partial charge >= 0.3 is 0 Å². The first-order chi connectivity index (χ1) is 7.65. The minimum Gasteiger partial charge on any atom is -0.490 e. The fourth-order valence-electron chi connectivity index (χ4n) is 1.38. The summed E-state index contributed by atoms with van der Waals surface area (Å²) in [5, 5.41) is 10.0. The SMILES string of the molecule is CCC(O)(CC)COc1ccccc1C=O. The number of para-hydroxylation sites is 1. The molecule has 0 atom stereocenters. The molecule has 0 amide bonds. The lowest BCUT2D eigenvalue weighted by molar-refractivity contribution is -0.0115. The molecule has 0 radical (unpaired) electrons. The largest absolute Gasteiger partial charge is 0.490 e. The van der Waals surface area contributed by atoms with Crippen molar-refractivity contribution in [3.63, 3.8) is 0 Å². The summed E-state index contributed by atoms with van der Waals surface area (Å²) in [5.74, 6) is 0.526. The van der Waals surface area contributed by atoms with Crippen LogP contribution in [0.4, 0.5) is 0 Å². The van der Waals surface area contributed by atoms with Crippen LogP contribution in [0.5, 0.6) is 5.75 Å².